The van der Waals surface area contributed by atoms with Gasteiger partial charge in [0, 0.05) is 22.5 Å². The van der Waals surface area contributed by atoms with Gasteiger partial charge in [0.2, 0.25) is 0 Å². The third-order valence-electron chi connectivity index (χ3n) is 7.24. The van der Waals surface area contributed by atoms with Crippen molar-refractivity contribution in [2.45, 2.75) is 40.5 Å². The molecule has 12 heteroatoms. The van der Waals surface area contributed by atoms with Gasteiger partial charge in [-0.05, 0) is 86.7 Å². The first-order chi connectivity index (χ1) is 21.9. The van der Waals surface area contributed by atoms with Gasteiger partial charge in [0.15, 0.2) is 0 Å². The van der Waals surface area contributed by atoms with E-state index in [9.17, 15) is 30.2 Å². The van der Waals surface area contributed by atoms with Gasteiger partial charge in [0.1, 0.15) is 0 Å². The van der Waals surface area contributed by atoms with E-state index in [1.165, 1.54) is 6.07 Å². The Hall–Kier alpha value is -6.06. The van der Waals surface area contributed by atoms with Crippen molar-refractivity contribution in [2.24, 2.45) is 5.41 Å². The summed E-state index contributed by atoms with van der Waals surface area (Å²) < 4.78 is 16.2. The third-order valence-corrected chi connectivity index (χ3v) is 7.24. The first-order valence-electron chi connectivity index (χ1n) is 14.3. The van der Waals surface area contributed by atoms with Crippen molar-refractivity contribution < 1.29 is 28.6 Å². The maximum atomic E-state index is 12.6. The number of amides is 3. The average Bonchev–Trinajstić information content (AvgIpc) is 3.02. The Morgan fingerprint density at radius 1 is 0.609 bits per heavy atom. The average molecular weight is 623 g/mol. The van der Waals surface area contributed by atoms with Crippen LogP contribution >= 0.6 is 0 Å². The summed E-state index contributed by atoms with van der Waals surface area (Å²) in [4.78, 5) is 37.5. The van der Waals surface area contributed by atoms with E-state index in [0.717, 1.165) is 16.7 Å². The first-order valence-corrected chi connectivity index (χ1v) is 14.3. The summed E-state index contributed by atoms with van der Waals surface area (Å²) in [5.74, 6) is 0. The molecular formula is C34H34N6O6. The lowest BCUT2D eigenvalue weighted by Gasteiger charge is -2.28. The number of aryl methyl sites for hydroxylation is 3. The number of carbonyl (C=O) groups is 3. The second-order valence-electron chi connectivity index (χ2n) is 11.0. The number of rotatable bonds is 11. The number of ether oxygens (including phenoxy) is 3. The highest BCUT2D eigenvalue weighted by Crippen LogP contribution is 2.28. The summed E-state index contributed by atoms with van der Waals surface area (Å²) in [7, 11) is 0. The second-order valence-corrected chi connectivity index (χ2v) is 11.0. The minimum absolute atomic E-state index is 0.0553. The van der Waals surface area contributed by atoms with Crippen molar-refractivity contribution in [3.05, 3.63) is 88.0 Å². The van der Waals surface area contributed by atoms with Gasteiger partial charge in [-0.3, -0.25) is 16.0 Å². The standard InChI is InChI=1S/C34H34N6O6/c1-22-5-8-28(15-25(22)18-35)38-31(41)44-13-11-34(4,21-46-33(43)40-30-10-7-24(3)27(17-30)20-37)12-14-45-32(42)39-29-9-6-23(2)26(16-29)19-36/h5-10,15-17H,11-14,21H2,1-4H3,(H,38,41)(H,39,42)(H,40,43). The van der Waals surface area contributed by atoms with Crippen LogP contribution in [-0.2, 0) is 14.2 Å². The highest BCUT2D eigenvalue weighted by atomic mass is 16.6. The molecule has 12 nitrogen and oxygen atoms in total. The van der Waals surface area contributed by atoms with Crippen LogP contribution in [0.15, 0.2) is 54.6 Å². The largest absolute Gasteiger partial charge is 0.449 e. The summed E-state index contributed by atoms with van der Waals surface area (Å²) in [5.41, 5.74) is 3.98. The Bertz CT molecular complexity index is 1650. The molecule has 0 atom stereocenters. The van der Waals surface area contributed by atoms with Gasteiger partial charge in [-0.25, -0.2) is 14.4 Å². The molecule has 0 aliphatic carbocycles. The Balaban J connectivity index is 1.60. The molecule has 3 rings (SSSR count). The first kappa shape index (κ1) is 34.4. The van der Waals surface area contributed by atoms with Crippen LogP contribution in [-0.4, -0.2) is 38.1 Å². The van der Waals surface area contributed by atoms with E-state index in [2.05, 4.69) is 34.2 Å². The van der Waals surface area contributed by atoms with Crippen LogP contribution in [0, 0.1) is 60.2 Å². The van der Waals surface area contributed by atoms with Crippen molar-refractivity contribution >= 4 is 35.3 Å². The quantitative estimate of drug-likeness (QED) is 0.188. The second kappa shape index (κ2) is 16.1. The van der Waals surface area contributed by atoms with E-state index in [-0.39, 0.29) is 32.7 Å². The van der Waals surface area contributed by atoms with Gasteiger partial charge in [0.05, 0.1) is 54.7 Å². The molecule has 0 aliphatic rings. The van der Waals surface area contributed by atoms with Crippen molar-refractivity contribution in [1.82, 2.24) is 0 Å². The predicted octanol–water partition coefficient (Wildman–Crippen LogP) is 7.06. The lowest BCUT2D eigenvalue weighted by atomic mass is 9.85. The molecule has 0 unspecified atom stereocenters. The fraction of sp³-hybridized carbons (Fsp3) is 0.294. The Labute approximate surface area is 267 Å². The Morgan fingerprint density at radius 3 is 1.26 bits per heavy atom. The highest BCUT2D eigenvalue weighted by Gasteiger charge is 2.28. The Kier molecular flexibility index (Phi) is 12.1. The maximum absolute atomic E-state index is 12.6. The summed E-state index contributed by atoms with van der Waals surface area (Å²) in [6.45, 7) is 6.93. The number of hydrogen-bond donors (Lipinski definition) is 3. The van der Waals surface area contributed by atoms with Crippen LogP contribution in [0.4, 0.5) is 31.4 Å². The number of anilines is 3. The Morgan fingerprint density at radius 2 is 0.935 bits per heavy atom. The van der Waals surface area contributed by atoms with Gasteiger partial charge in [-0.2, -0.15) is 15.8 Å². The highest BCUT2D eigenvalue weighted by molar-refractivity contribution is 5.86. The van der Waals surface area contributed by atoms with Crippen molar-refractivity contribution in [3.63, 3.8) is 0 Å². The van der Waals surface area contributed by atoms with Crippen LogP contribution in [0.2, 0.25) is 0 Å². The topological polar surface area (TPSA) is 186 Å². The smallest absolute Gasteiger partial charge is 0.411 e. The normalized spacial score (nSPS) is 10.4. The van der Waals surface area contributed by atoms with E-state index in [1.807, 2.05) is 0 Å². The monoisotopic (exact) mass is 622 g/mol. The fourth-order valence-electron chi connectivity index (χ4n) is 4.21. The van der Waals surface area contributed by atoms with Gasteiger partial charge in [0.25, 0.3) is 0 Å². The lowest BCUT2D eigenvalue weighted by Crippen LogP contribution is -2.31. The van der Waals surface area contributed by atoms with Gasteiger partial charge in [-0.15, -0.1) is 0 Å². The van der Waals surface area contributed by atoms with Crippen molar-refractivity contribution in [3.8, 4) is 18.2 Å². The molecule has 3 aromatic rings. The van der Waals surface area contributed by atoms with Crippen LogP contribution in [0.25, 0.3) is 0 Å². The summed E-state index contributed by atoms with van der Waals surface area (Å²) >= 11 is 0. The van der Waals surface area contributed by atoms with E-state index in [1.54, 1.807) is 76.2 Å². The van der Waals surface area contributed by atoms with E-state index in [4.69, 9.17) is 14.2 Å². The third kappa shape index (κ3) is 10.3. The van der Waals surface area contributed by atoms with E-state index in [0.29, 0.717) is 33.8 Å². The van der Waals surface area contributed by atoms with E-state index >= 15 is 0 Å². The van der Waals surface area contributed by atoms with Crippen molar-refractivity contribution in [1.29, 1.82) is 15.8 Å². The van der Waals surface area contributed by atoms with Crippen LogP contribution in [0.5, 0.6) is 0 Å². The molecule has 3 aromatic carbocycles. The van der Waals surface area contributed by atoms with Gasteiger partial charge >= 0.3 is 18.3 Å². The zero-order valence-electron chi connectivity index (χ0n) is 26.0. The molecule has 236 valence electrons. The van der Waals surface area contributed by atoms with Gasteiger partial charge < -0.3 is 14.2 Å². The molecule has 0 bridgehead atoms. The SMILES string of the molecule is Cc1ccc(NC(=O)OCCC(C)(CCOC(=O)Nc2ccc(C)c(C#N)c2)COC(=O)Nc2ccc(C)c(C#N)c2)cc1C#N. The number of nitriles is 3. The number of nitrogens with zero attached hydrogens (tertiary/aromatic N) is 3. The summed E-state index contributed by atoms with van der Waals surface area (Å²) in [5, 5.41) is 35.5. The molecule has 0 fully saturated rings. The van der Waals surface area contributed by atoms with Crippen LogP contribution in [0.3, 0.4) is 0 Å². The lowest BCUT2D eigenvalue weighted by molar-refractivity contribution is 0.0541. The molecule has 0 heterocycles. The molecular weight excluding hydrogens is 588 g/mol. The maximum Gasteiger partial charge on any atom is 0.411 e. The number of benzene rings is 3. The zero-order chi connectivity index (χ0) is 33.7. The molecule has 0 radical (unpaired) electrons. The summed E-state index contributed by atoms with van der Waals surface area (Å²) in [6, 6.07) is 20.9. The molecule has 0 aromatic heterocycles. The minimum Gasteiger partial charge on any atom is -0.449 e. The van der Waals surface area contributed by atoms with Crippen LogP contribution in [0.1, 0.15) is 53.1 Å². The fourth-order valence-corrected chi connectivity index (χ4v) is 4.21. The molecule has 0 saturated carbocycles. The number of hydrogen-bond acceptors (Lipinski definition) is 9. The molecule has 0 aliphatic heterocycles. The molecule has 0 saturated heterocycles. The predicted molar refractivity (Wildman–Crippen MR) is 170 cm³/mol. The molecule has 0 spiro atoms. The van der Waals surface area contributed by atoms with E-state index < -0.39 is 23.7 Å². The number of carbonyl (C=O) groups excluding carboxylic acids is 3. The van der Waals surface area contributed by atoms with Crippen molar-refractivity contribution in [2.75, 3.05) is 35.8 Å². The van der Waals surface area contributed by atoms with Gasteiger partial charge in [-0.1, -0.05) is 25.1 Å². The molecule has 3 N–H and O–H groups in total. The molecule has 46 heavy (non-hydrogen) atoms. The minimum atomic E-state index is -0.793. The number of nitrogens with one attached hydrogen (secondary N) is 3. The van der Waals surface area contributed by atoms with Crippen LogP contribution < -0.4 is 16.0 Å². The summed E-state index contributed by atoms with van der Waals surface area (Å²) in [6.07, 6.45) is -1.74. The molecule has 3 amide bonds. The zero-order valence-corrected chi connectivity index (χ0v) is 26.0.